The van der Waals surface area contributed by atoms with E-state index in [2.05, 4.69) is 10.1 Å². The molecule has 0 aromatic rings. The van der Waals surface area contributed by atoms with Crippen molar-refractivity contribution in [3.63, 3.8) is 0 Å². The van der Waals surface area contributed by atoms with E-state index in [1.54, 1.807) is 7.11 Å². The van der Waals surface area contributed by atoms with Crippen LogP contribution in [0.15, 0.2) is 5.16 Å². The molecule has 4 nitrogen and oxygen atoms in total. The van der Waals surface area contributed by atoms with Crippen LogP contribution in [-0.4, -0.2) is 50.6 Å². The zero-order valence-electron chi connectivity index (χ0n) is 8.03. The average Bonchev–Trinajstić information content (AvgIpc) is 2.73. The topological polar surface area (TPSA) is 34.1 Å². The minimum atomic E-state index is 0.562. The Labute approximate surface area is 78.5 Å². The van der Waals surface area contributed by atoms with Crippen LogP contribution in [0.3, 0.4) is 0 Å². The van der Waals surface area contributed by atoms with Gasteiger partial charge in [-0.05, 0) is 13.0 Å². The summed E-state index contributed by atoms with van der Waals surface area (Å²) >= 11 is 0. The number of hydrogen-bond acceptors (Lipinski definition) is 4. The highest BCUT2D eigenvalue weighted by atomic mass is 16.6. The lowest BCUT2D eigenvalue weighted by Gasteiger charge is -2.12. The van der Waals surface area contributed by atoms with E-state index in [9.17, 15) is 0 Å². The molecule has 13 heavy (non-hydrogen) atoms. The molecule has 2 bridgehead atoms. The van der Waals surface area contributed by atoms with Gasteiger partial charge in [0.25, 0.3) is 0 Å². The predicted octanol–water partition coefficient (Wildman–Crippen LogP) is 0.341. The van der Waals surface area contributed by atoms with Crippen LogP contribution in [0.1, 0.15) is 6.42 Å². The Morgan fingerprint density at radius 2 is 2.46 bits per heavy atom. The summed E-state index contributed by atoms with van der Waals surface area (Å²) in [5, 5.41) is 4.14. The zero-order chi connectivity index (χ0) is 9.10. The van der Waals surface area contributed by atoms with E-state index in [1.807, 2.05) is 0 Å². The third-order valence-corrected chi connectivity index (χ3v) is 2.69. The Hall–Kier alpha value is -0.610. The van der Waals surface area contributed by atoms with Crippen LogP contribution in [0.4, 0.5) is 0 Å². The Kier molecular flexibility index (Phi) is 2.80. The fourth-order valence-corrected chi connectivity index (χ4v) is 1.96. The van der Waals surface area contributed by atoms with Crippen molar-refractivity contribution in [2.24, 2.45) is 11.1 Å². The summed E-state index contributed by atoms with van der Waals surface area (Å²) in [6.07, 6.45) is 1.26. The molecule has 0 radical (unpaired) electrons. The minimum absolute atomic E-state index is 0.562. The summed E-state index contributed by atoms with van der Waals surface area (Å²) in [6, 6.07) is 0. The summed E-state index contributed by atoms with van der Waals surface area (Å²) < 4.78 is 4.86. The van der Waals surface area contributed by atoms with E-state index in [1.165, 1.54) is 25.2 Å². The molecule has 0 spiro atoms. The first-order valence-electron chi connectivity index (χ1n) is 4.80. The maximum Gasteiger partial charge on any atom is 0.140 e. The van der Waals surface area contributed by atoms with Gasteiger partial charge in [-0.1, -0.05) is 5.16 Å². The number of methoxy groups -OCH3 is 1. The molecule has 2 unspecified atom stereocenters. The maximum absolute atomic E-state index is 5.15. The van der Waals surface area contributed by atoms with E-state index in [-0.39, 0.29) is 0 Å². The van der Waals surface area contributed by atoms with E-state index >= 15 is 0 Å². The molecule has 74 valence electrons. The Morgan fingerprint density at radius 3 is 3.08 bits per heavy atom. The van der Waals surface area contributed by atoms with Crippen molar-refractivity contribution < 1.29 is 9.57 Å². The van der Waals surface area contributed by atoms with E-state index in [0.29, 0.717) is 19.1 Å². The zero-order valence-corrected chi connectivity index (χ0v) is 8.03. The molecule has 0 aliphatic carbocycles. The molecule has 0 aromatic carbocycles. The van der Waals surface area contributed by atoms with Gasteiger partial charge in [0.1, 0.15) is 6.61 Å². The number of nitrogens with zero attached hydrogens (tertiary/aromatic N) is 2. The molecular weight excluding hydrogens is 168 g/mol. The molecule has 2 atom stereocenters. The SMILES string of the molecule is COCCON=C1CN2CCC1C2. The summed E-state index contributed by atoms with van der Waals surface area (Å²) in [4.78, 5) is 7.57. The molecule has 0 amide bonds. The van der Waals surface area contributed by atoms with Crippen LogP contribution in [0.25, 0.3) is 0 Å². The Morgan fingerprint density at radius 1 is 1.54 bits per heavy atom. The maximum atomic E-state index is 5.15. The molecule has 2 fully saturated rings. The highest BCUT2D eigenvalue weighted by Gasteiger charge is 2.35. The van der Waals surface area contributed by atoms with Crippen molar-refractivity contribution in [3.8, 4) is 0 Å². The minimum Gasteiger partial charge on any atom is -0.393 e. The van der Waals surface area contributed by atoms with Gasteiger partial charge in [-0.25, -0.2) is 0 Å². The van der Waals surface area contributed by atoms with Crippen molar-refractivity contribution in [1.29, 1.82) is 0 Å². The summed E-state index contributed by atoms with van der Waals surface area (Å²) in [7, 11) is 1.67. The van der Waals surface area contributed by atoms with Crippen molar-refractivity contribution in [3.05, 3.63) is 0 Å². The van der Waals surface area contributed by atoms with Gasteiger partial charge < -0.3 is 9.57 Å². The number of ether oxygens (including phenoxy) is 1. The first kappa shape index (κ1) is 8.97. The monoisotopic (exact) mass is 184 g/mol. The predicted molar refractivity (Wildman–Crippen MR) is 49.8 cm³/mol. The normalized spacial score (nSPS) is 34.4. The lowest BCUT2D eigenvalue weighted by molar-refractivity contribution is 0.0741. The van der Waals surface area contributed by atoms with Crippen molar-refractivity contribution >= 4 is 5.71 Å². The lowest BCUT2D eigenvalue weighted by atomic mass is 10.0. The van der Waals surface area contributed by atoms with Crippen LogP contribution in [0.5, 0.6) is 0 Å². The first-order valence-corrected chi connectivity index (χ1v) is 4.80. The second-order valence-electron chi connectivity index (χ2n) is 3.63. The quantitative estimate of drug-likeness (QED) is 0.467. The summed E-state index contributed by atoms with van der Waals surface area (Å²) in [5.41, 5.74) is 1.22. The van der Waals surface area contributed by atoms with Crippen LogP contribution >= 0.6 is 0 Å². The lowest BCUT2D eigenvalue weighted by Crippen LogP contribution is -2.23. The van der Waals surface area contributed by atoms with Crippen LogP contribution in [0, 0.1) is 5.92 Å². The molecule has 0 aromatic heterocycles. The molecule has 0 saturated carbocycles. The summed E-state index contributed by atoms with van der Waals surface area (Å²) in [6.45, 7) is 4.61. The van der Waals surface area contributed by atoms with Crippen LogP contribution in [-0.2, 0) is 9.57 Å². The number of piperidine rings is 1. The van der Waals surface area contributed by atoms with Crippen molar-refractivity contribution in [2.75, 3.05) is 40.0 Å². The fraction of sp³-hybridized carbons (Fsp3) is 0.889. The number of oxime groups is 1. The molecule has 2 aliphatic heterocycles. The van der Waals surface area contributed by atoms with Gasteiger partial charge in [0.15, 0.2) is 0 Å². The highest BCUT2D eigenvalue weighted by Crippen LogP contribution is 2.25. The van der Waals surface area contributed by atoms with E-state index in [4.69, 9.17) is 9.57 Å². The van der Waals surface area contributed by atoms with Crippen LogP contribution < -0.4 is 0 Å². The second-order valence-corrected chi connectivity index (χ2v) is 3.63. The third-order valence-electron chi connectivity index (χ3n) is 2.69. The molecule has 4 heteroatoms. The van der Waals surface area contributed by atoms with Crippen molar-refractivity contribution in [2.45, 2.75) is 6.42 Å². The fourth-order valence-electron chi connectivity index (χ4n) is 1.96. The van der Waals surface area contributed by atoms with Gasteiger partial charge in [0.2, 0.25) is 0 Å². The van der Waals surface area contributed by atoms with Gasteiger partial charge in [-0.15, -0.1) is 0 Å². The van der Waals surface area contributed by atoms with E-state index in [0.717, 1.165) is 6.54 Å². The summed E-state index contributed by atoms with van der Waals surface area (Å²) in [5.74, 6) is 0.669. The van der Waals surface area contributed by atoms with Gasteiger partial charge in [-0.2, -0.15) is 0 Å². The molecule has 2 rings (SSSR count). The standard InChI is InChI=1S/C9H16N2O2/c1-12-4-5-13-10-9-7-11-3-2-8(9)6-11/h8H,2-7H2,1H3. The van der Waals surface area contributed by atoms with Gasteiger partial charge in [0.05, 0.1) is 12.3 Å². The third kappa shape index (κ3) is 2.00. The average molecular weight is 184 g/mol. The Bertz CT molecular complexity index is 206. The van der Waals surface area contributed by atoms with Crippen LogP contribution in [0.2, 0.25) is 0 Å². The molecule has 0 N–H and O–H groups in total. The van der Waals surface area contributed by atoms with Crippen molar-refractivity contribution in [1.82, 2.24) is 4.90 Å². The van der Waals surface area contributed by atoms with Gasteiger partial charge in [-0.3, -0.25) is 4.90 Å². The van der Waals surface area contributed by atoms with E-state index < -0.39 is 0 Å². The first-order chi connectivity index (χ1) is 6.40. The largest absolute Gasteiger partial charge is 0.393 e. The second kappa shape index (κ2) is 4.07. The van der Waals surface area contributed by atoms with Gasteiger partial charge >= 0.3 is 0 Å². The van der Waals surface area contributed by atoms with Gasteiger partial charge in [0, 0.05) is 26.1 Å². The highest BCUT2D eigenvalue weighted by molar-refractivity contribution is 5.91. The molecule has 2 saturated heterocycles. The number of hydrogen-bond donors (Lipinski definition) is 0. The molecule has 2 aliphatic rings. The smallest absolute Gasteiger partial charge is 0.140 e. The molecular formula is C9H16N2O2. The Balaban J connectivity index is 1.75. The molecule has 2 heterocycles. The number of rotatable bonds is 4. The number of fused-ring (bicyclic) bond motifs is 2.